The van der Waals surface area contributed by atoms with Crippen LogP contribution in [0.1, 0.15) is 25.3 Å². The summed E-state index contributed by atoms with van der Waals surface area (Å²) in [6.07, 6.45) is 1.74. The third-order valence-electron chi connectivity index (χ3n) is 2.67. The van der Waals surface area contributed by atoms with Crippen LogP contribution in [-0.4, -0.2) is 36.9 Å². The van der Waals surface area contributed by atoms with Crippen molar-refractivity contribution < 1.29 is 19.4 Å². The maximum Gasteiger partial charge on any atom is 0.319 e. The standard InChI is InChI=1S/C15H22N2O4/c1-2-9-21-10-3-8-16-15(20)17-13-6-4-12(5-7-13)11-14(18)19/h4-7H,2-3,8-11H2,1H3,(H,18,19)(H2,16,17,20). The monoisotopic (exact) mass is 294 g/mol. The van der Waals surface area contributed by atoms with Gasteiger partial charge in [0.05, 0.1) is 6.42 Å². The topological polar surface area (TPSA) is 87.7 Å². The maximum absolute atomic E-state index is 11.6. The van der Waals surface area contributed by atoms with E-state index < -0.39 is 5.97 Å². The molecular formula is C15H22N2O4. The number of amides is 2. The van der Waals surface area contributed by atoms with Crippen LogP contribution >= 0.6 is 0 Å². The second-order valence-corrected chi connectivity index (χ2v) is 4.61. The number of nitrogens with one attached hydrogen (secondary N) is 2. The van der Waals surface area contributed by atoms with Gasteiger partial charge in [0.25, 0.3) is 0 Å². The predicted molar refractivity (Wildman–Crippen MR) is 80.5 cm³/mol. The Labute approximate surface area is 124 Å². The molecule has 1 aromatic carbocycles. The largest absolute Gasteiger partial charge is 0.481 e. The van der Waals surface area contributed by atoms with E-state index in [2.05, 4.69) is 10.6 Å². The number of carbonyl (C=O) groups is 2. The van der Waals surface area contributed by atoms with Gasteiger partial charge in [-0.05, 0) is 30.5 Å². The Bertz CT molecular complexity index is 445. The van der Waals surface area contributed by atoms with Crippen LogP contribution in [0.2, 0.25) is 0 Å². The molecule has 2 amide bonds. The molecule has 0 aliphatic heterocycles. The van der Waals surface area contributed by atoms with Crippen LogP contribution in [0.15, 0.2) is 24.3 Å². The summed E-state index contributed by atoms with van der Waals surface area (Å²) in [6.45, 7) is 3.98. The van der Waals surface area contributed by atoms with E-state index in [9.17, 15) is 9.59 Å². The van der Waals surface area contributed by atoms with Crippen molar-refractivity contribution in [2.75, 3.05) is 25.1 Å². The molecule has 0 aliphatic carbocycles. The zero-order valence-corrected chi connectivity index (χ0v) is 12.2. The molecule has 6 nitrogen and oxygen atoms in total. The highest BCUT2D eigenvalue weighted by molar-refractivity contribution is 5.89. The van der Waals surface area contributed by atoms with Crippen molar-refractivity contribution in [3.63, 3.8) is 0 Å². The van der Waals surface area contributed by atoms with Gasteiger partial charge in [0.1, 0.15) is 0 Å². The molecule has 0 fully saturated rings. The normalized spacial score (nSPS) is 10.1. The van der Waals surface area contributed by atoms with E-state index in [1.807, 2.05) is 6.92 Å². The molecule has 21 heavy (non-hydrogen) atoms. The number of urea groups is 1. The summed E-state index contributed by atoms with van der Waals surface area (Å²) in [6, 6.07) is 6.45. The summed E-state index contributed by atoms with van der Waals surface area (Å²) in [5.41, 5.74) is 1.32. The second kappa shape index (κ2) is 9.77. The van der Waals surface area contributed by atoms with Gasteiger partial charge in [0.2, 0.25) is 0 Å². The quantitative estimate of drug-likeness (QED) is 0.610. The lowest BCUT2D eigenvalue weighted by Gasteiger charge is -2.08. The molecule has 0 atom stereocenters. The Morgan fingerprint density at radius 3 is 2.52 bits per heavy atom. The first kappa shape index (κ1) is 17.0. The van der Waals surface area contributed by atoms with E-state index in [0.717, 1.165) is 19.4 Å². The highest BCUT2D eigenvalue weighted by Gasteiger charge is 2.03. The molecule has 3 N–H and O–H groups in total. The summed E-state index contributed by atoms with van der Waals surface area (Å²) >= 11 is 0. The Morgan fingerprint density at radius 2 is 1.90 bits per heavy atom. The first-order chi connectivity index (χ1) is 10.1. The number of anilines is 1. The SMILES string of the molecule is CCCOCCCNC(=O)Nc1ccc(CC(=O)O)cc1. The lowest BCUT2D eigenvalue weighted by atomic mass is 10.1. The number of carboxylic acid groups (broad SMARTS) is 1. The lowest BCUT2D eigenvalue weighted by molar-refractivity contribution is -0.136. The first-order valence-corrected chi connectivity index (χ1v) is 7.05. The van der Waals surface area contributed by atoms with E-state index >= 15 is 0 Å². The van der Waals surface area contributed by atoms with Gasteiger partial charge in [-0.1, -0.05) is 19.1 Å². The summed E-state index contributed by atoms with van der Waals surface area (Å²) in [7, 11) is 0. The molecule has 0 bridgehead atoms. The minimum Gasteiger partial charge on any atom is -0.481 e. The fourth-order valence-corrected chi connectivity index (χ4v) is 1.68. The van der Waals surface area contributed by atoms with E-state index in [1.165, 1.54) is 0 Å². The molecule has 0 saturated carbocycles. The Morgan fingerprint density at radius 1 is 1.19 bits per heavy atom. The van der Waals surface area contributed by atoms with Crippen molar-refractivity contribution in [2.45, 2.75) is 26.2 Å². The third kappa shape index (κ3) is 7.94. The summed E-state index contributed by atoms with van der Waals surface area (Å²) in [4.78, 5) is 22.2. The molecule has 0 unspecified atom stereocenters. The molecule has 1 aromatic rings. The van der Waals surface area contributed by atoms with E-state index in [-0.39, 0.29) is 12.5 Å². The summed E-state index contributed by atoms with van der Waals surface area (Å²) in [5, 5.41) is 14.1. The van der Waals surface area contributed by atoms with Crippen molar-refractivity contribution in [2.24, 2.45) is 0 Å². The molecular weight excluding hydrogens is 272 g/mol. The van der Waals surface area contributed by atoms with Crippen molar-refractivity contribution in [3.8, 4) is 0 Å². The van der Waals surface area contributed by atoms with Crippen LogP contribution in [0, 0.1) is 0 Å². The van der Waals surface area contributed by atoms with Gasteiger partial charge >= 0.3 is 12.0 Å². The molecule has 0 spiro atoms. The fourth-order valence-electron chi connectivity index (χ4n) is 1.68. The number of ether oxygens (including phenoxy) is 1. The van der Waals surface area contributed by atoms with Gasteiger partial charge in [-0.2, -0.15) is 0 Å². The van der Waals surface area contributed by atoms with Crippen LogP contribution in [0.4, 0.5) is 10.5 Å². The molecule has 116 valence electrons. The highest BCUT2D eigenvalue weighted by Crippen LogP contribution is 2.09. The number of rotatable bonds is 9. The molecule has 6 heteroatoms. The maximum atomic E-state index is 11.6. The van der Waals surface area contributed by atoms with Crippen molar-refractivity contribution in [1.29, 1.82) is 0 Å². The molecule has 0 aliphatic rings. The van der Waals surface area contributed by atoms with Crippen LogP contribution in [0.5, 0.6) is 0 Å². The number of hydrogen-bond donors (Lipinski definition) is 3. The molecule has 0 saturated heterocycles. The van der Waals surface area contributed by atoms with Crippen molar-refractivity contribution in [3.05, 3.63) is 29.8 Å². The van der Waals surface area contributed by atoms with Crippen LogP contribution in [0.3, 0.4) is 0 Å². The molecule has 0 heterocycles. The van der Waals surface area contributed by atoms with E-state index in [1.54, 1.807) is 24.3 Å². The molecule has 1 rings (SSSR count). The van der Waals surface area contributed by atoms with Crippen molar-refractivity contribution >= 4 is 17.7 Å². The summed E-state index contributed by atoms with van der Waals surface area (Å²) in [5.74, 6) is -0.876. The van der Waals surface area contributed by atoms with Gasteiger partial charge in [-0.3, -0.25) is 4.79 Å². The number of benzene rings is 1. The smallest absolute Gasteiger partial charge is 0.319 e. The number of hydrogen-bond acceptors (Lipinski definition) is 3. The van der Waals surface area contributed by atoms with Gasteiger partial charge in [0.15, 0.2) is 0 Å². The Kier molecular flexibility index (Phi) is 7.89. The van der Waals surface area contributed by atoms with Gasteiger partial charge < -0.3 is 20.5 Å². The lowest BCUT2D eigenvalue weighted by Crippen LogP contribution is -2.30. The van der Waals surface area contributed by atoms with Gasteiger partial charge in [-0.25, -0.2) is 4.79 Å². The van der Waals surface area contributed by atoms with Crippen LogP contribution < -0.4 is 10.6 Å². The highest BCUT2D eigenvalue weighted by atomic mass is 16.5. The Hall–Kier alpha value is -2.08. The van der Waals surface area contributed by atoms with Gasteiger partial charge in [-0.15, -0.1) is 0 Å². The number of aliphatic carboxylic acids is 1. The predicted octanol–water partition coefficient (Wildman–Crippen LogP) is 2.25. The molecule has 0 radical (unpaired) electrons. The third-order valence-corrected chi connectivity index (χ3v) is 2.67. The van der Waals surface area contributed by atoms with Crippen LogP contribution in [-0.2, 0) is 16.0 Å². The summed E-state index contributed by atoms with van der Waals surface area (Å²) < 4.78 is 5.31. The zero-order chi connectivity index (χ0) is 15.5. The zero-order valence-electron chi connectivity index (χ0n) is 12.2. The van der Waals surface area contributed by atoms with E-state index in [4.69, 9.17) is 9.84 Å². The van der Waals surface area contributed by atoms with Gasteiger partial charge in [0, 0.05) is 25.4 Å². The number of carboxylic acids is 1. The van der Waals surface area contributed by atoms with Crippen LogP contribution in [0.25, 0.3) is 0 Å². The Balaban J connectivity index is 2.23. The fraction of sp³-hybridized carbons (Fsp3) is 0.467. The average molecular weight is 294 g/mol. The van der Waals surface area contributed by atoms with Crippen molar-refractivity contribution in [1.82, 2.24) is 5.32 Å². The molecule has 0 aromatic heterocycles. The second-order valence-electron chi connectivity index (χ2n) is 4.61. The average Bonchev–Trinajstić information content (AvgIpc) is 2.44. The van der Waals surface area contributed by atoms with E-state index in [0.29, 0.717) is 24.4 Å². The minimum atomic E-state index is -0.876. The number of carbonyl (C=O) groups excluding carboxylic acids is 1. The minimum absolute atomic E-state index is 0.0236. The first-order valence-electron chi connectivity index (χ1n) is 7.05.